The van der Waals surface area contributed by atoms with Crippen molar-refractivity contribution in [1.82, 2.24) is 4.90 Å². The molecule has 18 heavy (non-hydrogen) atoms. The number of nitrogens with zero attached hydrogens (tertiary/aromatic N) is 1. The second kappa shape index (κ2) is 3.61. The SMILES string of the molecule is C[C@H]1C=C2N3CCC[C@@H]4C(=O)CC(C1)[C@]24CCC3. The smallest absolute Gasteiger partial charge is 0.137 e. The molecule has 2 heteroatoms. The molecule has 0 aromatic heterocycles. The summed E-state index contributed by atoms with van der Waals surface area (Å²) in [5.74, 6) is 2.28. The number of piperidine rings is 1. The molecule has 3 fully saturated rings. The Hall–Kier alpha value is -0.790. The number of ketones is 1. The number of hydrogen-bond acceptors (Lipinski definition) is 2. The normalized spacial score (nSPS) is 46.5. The molecule has 1 spiro atoms. The number of Topliss-reactive ketones (excluding diaryl/α,β-unsaturated/α-hetero) is 1. The highest BCUT2D eigenvalue weighted by Gasteiger charge is 2.60. The first-order valence-electron chi connectivity index (χ1n) is 7.72. The van der Waals surface area contributed by atoms with Crippen molar-refractivity contribution in [2.75, 3.05) is 13.1 Å². The first-order chi connectivity index (χ1) is 8.72. The van der Waals surface area contributed by atoms with Crippen molar-refractivity contribution in [1.29, 1.82) is 0 Å². The summed E-state index contributed by atoms with van der Waals surface area (Å²) in [4.78, 5) is 15.1. The van der Waals surface area contributed by atoms with E-state index in [1.54, 1.807) is 5.70 Å². The second-order valence-electron chi connectivity index (χ2n) is 6.96. The molecule has 2 heterocycles. The van der Waals surface area contributed by atoms with Crippen molar-refractivity contribution in [2.45, 2.75) is 45.4 Å². The molecule has 2 bridgehead atoms. The molecule has 1 unspecified atom stereocenters. The maximum absolute atomic E-state index is 12.5. The van der Waals surface area contributed by atoms with E-state index in [0.717, 1.165) is 12.8 Å². The van der Waals surface area contributed by atoms with Gasteiger partial charge in [0.1, 0.15) is 5.78 Å². The van der Waals surface area contributed by atoms with Crippen LogP contribution in [0.15, 0.2) is 11.8 Å². The minimum atomic E-state index is 0.276. The van der Waals surface area contributed by atoms with Gasteiger partial charge in [-0.2, -0.15) is 0 Å². The van der Waals surface area contributed by atoms with E-state index in [2.05, 4.69) is 17.9 Å². The van der Waals surface area contributed by atoms with Gasteiger partial charge in [-0.3, -0.25) is 4.79 Å². The van der Waals surface area contributed by atoms with Gasteiger partial charge in [0, 0.05) is 36.5 Å². The van der Waals surface area contributed by atoms with Crippen molar-refractivity contribution in [2.24, 2.45) is 23.2 Å². The molecule has 0 aromatic rings. The van der Waals surface area contributed by atoms with Crippen LogP contribution in [0.4, 0.5) is 0 Å². The zero-order valence-electron chi connectivity index (χ0n) is 11.3. The van der Waals surface area contributed by atoms with Crippen LogP contribution in [0.5, 0.6) is 0 Å². The number of hydrogen-bond donors (Lipinski definition) is 0. The summed E-state index contributed by atoms with van der Waals surface area (Å²) in [7, 11) is 0. The lowest BCUT2D eigenvalue weighted by Gasteiger charge is -2.51. The average Bonchev–Trinajstić information content (AvgIpc) is 2.55. The van der Waals surface area contributed by atoms with Crippen molar-refractivity contribution in [3.05, 3.63) is 11.8 Å². The molecule has 4 atom stereocenters. The molecule has 0 radical (unpaired) electrons. The van der Waals surface area contributed by atoms with E-state index in [0.29, 0.717) is 23.5 Å². The summed E-state index contributed by atoms with van der Waals surface area (Å²) in [6.45, 7) is 4.75. The summed E-state index contributed by atoms with van der Waals surface area (Å²) in [6, 6.07) is 0. The van der Waals surface area contributed by atoms with Crippen LogP contribution in [0.25, 0.3) is 0 Å². The highest BCUT2D eigenvalue weighted by atomic mass is 16.1. The van der Waals surface area contributed by atoms with Crippen LogP contribution < -0.4 is 0 Å². The molecular formula is C16H23NO. The van der Waals surface area contributed by atoms with E-state index < -0.39 is 0 Å². The molecule has 4 aliphatic rings. The molecule has 2 aliphatic carbocycles. The quantitative estimate of drug-likeness (QED) is 0.654. The van der Waals surface area contributed by atoms with Gasteiger partial charge in [0.2, 0.25) is 0 Å². The fourth-order valence-electron chi connectivity index (χ4n) is 5.49. The van der Waals surface area contributed by atoms with Crippen LogP contribution in [0.1, 0.15) is 45.4 Å². The van der Waals surface area contributed by atoms with Gasteiger partial charge >= 0.3 is 0 Å². The minimum absolute atomic E-state index is 0.276. The predicted octanol–water partition coefficient (Wildman–Crippen LogP) is 2.99. The predicted molar refractivity (Wildman–Crippen MR) is 70.9 cm³/mol. The van der Waals surface area contributed by atoms with Crippen LogP contribution in [-0.2, 0) is 4.79 Å². The van der Waals surface area contributed by atoms with Gasteiger partial charge in [0.15, 0.2) is 0 Å². The molecule has 98 valence electrons. The Morgan fingerprint density at radius 1 is 1.33 bits per heavy atom. The molecule has 0 N–H and O–H groups in total. The van der Waals surface area contributed by atoms with E-state index in [-0.39, 0.29) is 5.41 Å². The van der Waals surface area contributed by atoms with Crippen LogP contribution in [-0.4, -0.2) is 23.8 Å². The lowest BCUT2D eigenvalue weighted by Crippen LogP contribution is -2.47. The summed E-state index contributed by atoms with van der Waals surface area (Å²) >= 11 is 0. The van der Waals surface area contributed by atoms with Gasteiger partial charge in [-0.25, -0.2) is 0 Å². The van der Waals surface area contributed by atoms with E-state index in [1.165, 1.54) is 38.8 Å². The maximum atomic E-state index is 12.5. The monoisotopic (exact) mass is 245 g/mol. The summed E-state index contributed by atoms with van der Waals surface area (Å²) in [6.07, 6.45) is 9.59. The Labute approximate surface area is 109 Å². The van der Waals surface area contributed by atoms with Crippen molar-refractivity contribution < 1.29 is 4.79 Å². The Bertz CT molecular complexity index is 427. The lowest BCUT2D eigenvalue weighted by molar-refractivity contribution is -0.122. The van der Waals surface area contributed by atoms with Gasteiger partial charge in [-0.15, -0.1) is 0 Å². The molecular weight excluding hydrogens is 222 g/mol. The zero-order valence-corrected chi connectivity index (χ0v) is 11.3. The third-order valence-corrected chi connectivity index (χ3v) is 6.04. The molecule has 2 nitrogen and oxygen atoms in total. The second-order valence-corrected chi connectivity index (χ2v) is 6.96. The highest BCUT2D eigenvalue weighted by Crippen LogP contribution is 2.62. The van der Waals surface area contributed by atoms with Crippen molar-refractivity contribution in [3.8, 4) is 0 Å². The molecule has 0 aromatic carbocycles. The Balaban J connectivity index is 1.90. The van der Waals surface area contributed by atoms with Gasteiger partial charge in [0.25, 0.3) is 0 Å². The fraction of sp³-hybridized carbons (Fsp3) is 0.812. The van der Waals surface area contributed by atoms with Crippen LogP contribution in [0.3, 0.4) is 0 Å². The van der Waals surface area contributed by atoms with Crippen molar-refractivity contribution in [3.63, 3.8) is 0 Å². The van der Waals surface area contributed by atoms with Crippen LogP contribution in [0, 0.1) is 23.2 Å². The molecule has 1 saturated carbocycles. The molecule has 2 saturated heterocycles. The highest BCUT2D eigenvalue weighted by molar-refractivity contribution is 5.86. The van der Waals surface area contributed by atoms with E-state index in [1.807, 2.05) is 0 Å². The first-order valence-corrected chi connectivity index (χ1v) is 7.72. The first kappa shape index (κ1) is 11.1. The van der Waals surface area contributed by atoms with E-state index in [4.69, 9.17) is 0 Å². The zero-order chi connectivity index (χ0) is 12.3. The summed E-state index contributed by atoms with van der Waals surface area (Å²) in [5, 5.41) is 0. The maximum Gasteiger partial charge on any atom is 0.137 e. The topological polar surface area (TPSA) is 20.3 Å². The van der Waals surface area contributed by atoms with E-state index in [9.17, 15) is 4.79 Å². The third-order valence-electron chi connectivity index (χ3n) is 6.04. The molecule has 0 amide bonds. The van der Waals surface area contributed by atoms with E-state index >= 15 is 0 Å². The van der Waals surface area contributed by atoms with Gasteiger partial charge in [-0.1, -0.05) is 13.0 Å². The number of carbonyl (C=O) groups is 1. The van der Waals surface area contributed by atoms with Gasteiger partial charge in [0.05, 0.1) is 0 Å². The Morgan fingerprint density at radius 2 is 2.17 bits per heavy atom. The standard InChI is InChI=1S/C16H23NO/c1-11-8-12-10-14(18)13-4-2-6-17-7-3-5-16(12,13)15(17)9-11/h9,11-13H,2-8,10H2,1H3/t11-,12?,13-,16+/m1/s1. The molecule has 2 aliphatic heterocycles. The van der Waals surface area contributed by atoms with Crippen LogP contribution >= 0.6 is 0 Å². The number of allylic oxidation sites excluding steroid dienone is 2. The number of rotatable bonds is 0. The van der Waals surface area contributed by atoms with Crippen molar-refractivity contribution >= 4 is 5.78 Å². The van der Waals surface area contributed by atoms with Gasteiger partial charge in [-0.05, 0) is 43.9 Å². The summed E-state index contributed by atoms with van der Waals surface area (Å²) in [5.41, 5.74) is 1.86. The van der Waals surface area contributed by atoms with Gasteiger partial charge < -0.3 is 4.90 Å². The summed E-state index contributed by atoms with van der Waals surface area (Å²) < 4.78 is 0. The third kappa shape index (κ3) is 1.22. The number of carbonyl (C=O) groups excluding carboxylic acids is 1. The fourth-order valence-corrected chi connectivity index (χ4v) is 5.49. The average molecular weight is 245 g/mol. The Morgan fingerprint density at radius 3 is 3.06 bits per heavy atom. The largest absolute Gasteiger partial charge is 0.375 e. The minimum Gasteiger partial charge on any atom is -0.375 e. The molecule has 4 rings (SSSR count). The lowest BCUT2D eigenvalue weighted by atomic mass is 9.59. The Kier molecular flexibility index (Phi) is 2.22. The van der Waals surface area contributed by atoms with Crippen LogP contribution in [0.2, 0.25) is 0 Å².